The van der Waals surface area contributed by atoms with Crippen LogP contribution in [0.1, 0.15) is 37.8 Å². The highest BCUT2D eigenvalue weighted by atomic mass is 19.2. The first-order valence-corrected chi connectivity index (χ1v) is 6.95. The molecule has 0 saturated carbocycles. The molecule has 1 heterocycles. The molecule has 1 aromatic rings. The van der Waals surface area contributed by atoms with E-state index in [1.165, 1.54) is 6.07 Å². The van der Waals surface area contributed by atoms with Crippen LogP contribution in [0.3, 0.4) is 0 Å². The van der Waals surface area contributed by atoms with Crippen LogP contribution < -0.4 is 5.32 Å². The Morgan fingerprint density at radius 3 is 2.70 bits per heavy atom. The fourth-order valence-corrected chi connectivity index (χ4v) is 2.50. The molecular weight excluding hydrogens is 262 g/mol. The van der Waals surface area contributed by atoms with E-state index in [0.717, 1.165) is 37.9 Å². The van der Waals surface area contributed by atoms with Crippen molar-refractivity contribution in [2.75, 3.05) is 13.6 Å². The summed E-state index contributed by atoms with van der Waals surface area (Å²) in [6.07, 6.45) is 2.96. The molecule has 1 saturated heterocycles. The lowest BCUT2D eigenvalue weighted by Crippen LogP contribution is -2.47. The number of likely N-dealkylation sites (N-methyl/N-ethyl adjacent to an activating group) is 1. The van der Waals surface area contributed by atoms with Crippen molar-refractivity contribution in [3.8, 4) is 0 Å². The molecule has 3 nitrogen and oxygen atoms in total. The van der Waals surface area contributed by atoms with Gasteiger partial charge in [0.15, 0.2) is 11.6 Å². The van der Waals surface area contributed by atoms with Crippen LogP contribution in [-0.2, 0) is 4.79 Å². The average molecular weight is 282 g/mol. The molecular formula is C15H20F2N2O. The van der Waals surface area contributed by atoms with Crippen molar-refractivity contribution in [1.82, 2.24) is 10.2 Å². The quantitative estimate of drug-likeness (QED) is 0.924. The predicted octanol–water partition coefficient (Wildman–Crippen LogP) is 2.63. The lowest BCUT2D eigenvalue weighted by molar-refractivity contribution is -0.134. The number of amides is 1. The molecule has 2 atom stereocenters. The molecule has 1 aliphatic rings. The number of nitrogens with one attached hydrogen (secondary N) is 1. The summed E-state index contributed by atoms with van der Waals surface area (Å²) in [5.41, 5.74) is 0.593. The van der Waals surface area contributed by atoms with Gasteiger partial charge in [0.25, 0.3) is 0 Å². The molecule has 1 amide bonds. The molecule has 1 aromatic carbocycles. The van der Waals surface area contributed by atoms with E-state index >= 15 is 0 Å². The van der Waals surface area contributed by atoms with Crippen molar-refractivity contribution in [3.05, 3.63) is 35.4 Å². The molecule has 1 aliphatic heterocycles. The van der Waals surface area contributed by atoms with Gasteiger partial charge in [-0.1, -0.05) is 12.5 Å². The van der Waals surface area contributed by atoms with Gasteiger partial charge in [-0.15, -0.1) is 0 Å². The number of carbonyl (C=O) groups excluding carboxylic acids is 1. The zero-order valence-electron chi connectivity index (χ0n) is 11.8. The third-order valence-electron chi connectivity index (χ3n) is 3.96. The highest BCUT2D eigenvalue weighted by Gasteiger charge is 2.27. The lowest BCUT2D eigenvalue weighted by Gasteiger charge is -2.31. The van der Waals surface area contributed by atoms with Gasteiger partial charge in [0.1, 0.15) is 0 Å². The first kappa shape index (κ1) is 14.9. The van der Waals surface area contributed by atoms with E-state index in [4.69, 9.17) is 0 Å². The second kappa shape index (κ2) is 6.31. The Kier molecular flexibility index (Phi) is 4.70. The van der Waals surface area contributed by atoms with E-state index in [-0.39, 0.29) is 18.0 Å². The Hall–Kier alpha value is -1.49. The molecule has 20 heavy (non-hydrogen) atoms. The Labute approximate surface area is 118 Å². The molecule has 110 valence electrons. The summed E-state index contributed by atoms with van der Waals surface area (Å²) in [4.78, 5) is 14.0. The number of rotatable bonds is 3. The highest BCUT2D eigenvalue weighted by molar-refractivity contribution is 5.82. The van der Waals surface area contributed by atoms with Crippen molar-refractivity contribution in [3.63, 3.8) is 0 Å². The minimum atomic E-state index is -0.883. The largest absolute Gasteiger partial charge is 0.338 e. The Morgan fingerprint density at radius 1 is 1.35 bits per heavy atom. The van der Waals surface area contributed by atoms with Gasteiger partial charge in [-0.2, -0.15) is 0 Å². The van der Waals surface area contributed by atoms with E-state index in [1.54, 1.807) is 11.9 Å². The summed E-state index contributed by atoms with van der Waals surface area (Å²) in [7, 11) is 1.70. The van der Waals surface area contributed by atoms with Crippen LogP contribution in [-0.4, -0.2) is 30.4 Å². The molecule has 2 rings (SSSR count). The van der Waals surface area contributed by atoms with Gasteiger partial charge in [-0.05, 0) is 44.0 Å². The van der Waals surface area contributed by atoms with Gasteiger partial charge in [0, 0.05) is 7.05 Å². The number of benzene rings is 1. The maximum Gasteiger partial charge on any atom is 0.239 e. The first-order chi connectivity index (χ1) is 9.50. The standard InChI is InChI=1S/C15H20F2N2O/c1-10(11-6-7-12(16)13(17)9-11)19(2)15(20)14-5-3-4-8-18-14/h6-7,9-10,14,18H,3-5,8H2,1-2H3/t10?,14-/m0/s1. The maximum atomic E-state index is 13.3. The van der Waals surface area contributed by atoms with Gasteiger partial charge in [0.2, 0.25) is 5.91 Å². The van der Waals surface area contributed by atoms with Crippen LogP contribution in [0, 0.1) is 11.6 Å². The molecule has 1 fully saturated rings. The summed E-state index contributed by atoms with van der Waals surface area (Å²) in [5, 5.41) is 3.20. The zero-order chi connectivity index (χ0) is 14.7. The van der Waals surface area contributed by atoms with E-state index < -0.39 is 11.6 Å². The molecule has 0 radical (unpaired) electrons. The van der Waals surface area contributed by atoms with Gasteiger partial charge in [0.05, 0.1) is 12.1 Å². The fourth-order valence-electron chi connectivity index (χ4n) is 2.50. The van der Waals surface area contributed by atoms with Crippen LogP contribution in [0.5, 0.6) is 0 Å². The van der Waals surface area contributed by atoms with Crippen molar-refractivity contribution in [1.29, 1.82) is 0 Å². The van der Waals surface area contributed by atoms with Crippen molar-refractivity contribution in [2.45, 2.75) is 38.3 Å². The topological polar surface area (TPSA) is 32.3 Å². The van der Waals surface area contributed by atoms with Gasteiger partial charge >= 0.3 is 0 Å². The number of halogens is 2. The minimum Gasteiger partial charge on any atom is -0.338 e. The first-order valence-electron chi connectivity index (χ1n) is 6.95. The summed E-state index contributed by atoms with van der Waals surface area (Å²) >= 11 is 0. The number of hydrogen-bond donors (Lipinski definition) is 1. The van der Waals surface area contributed by atoms with E-state index in [9.17, 15) is 13.6 Å². The SMILES string of the molecule is CC(c1ccc(F)c(F)c1)N(C)C(=O)[C@@H]1CCCCN1. The van der Waals surface area contributed by atoms with Crippen LogP contribution in [0.15, 0.2) is 18.2 Å². The second-order valence-electron chi connectivity index (χ2n) is 5.30. The lowest BCUT2D eigenvalue weighted by atomic mass is 10.0. The normalized spacial score (nSPS) is 20.5. The molecule has 1 N–H and O–H groups in total. The smallest absolute Gasteiger partial charge is 0.239 e. The number of piperidine rings is 1. The average Bonchev–Trinajstić information content (AvgIpc) is 2.48. The summed E-state index contributed by atoms with van der Waals surface area (Å²) < 4.78 is 26.2. The van der Waals surface area contributed by atoms with Crippen LogP contribution >= 0.6 is 0 Å². The molecule has 0 aliphatic carbocycles. The van der Waals surface area contributed by atoms with E-state index in [1.807, 2.05) is 6.92 Å². The van der Waals surface area contributed by atoms with Crippen molar-refractivity contribution < 1.29 is 13.6 Å². The zero-order valence-corrected chi connectivity index (χ0v) is 11.8. The Balaban J connectivity index is 2.08. The van der Waals surface area contributed by atoms with E-state index in [0.29, 0.717) is 5.56 Å². The van der Waals surface area contributed by atoms with Crippen LogP contribution in [0.4, 0.5) is 8.78 Å². The molecule has 1 unspecified atom stereocenters. The number of nitrogens with zero attached hydrogens (tertiary/aromatic N) is 1. The molecule has 0 spiro atoms. The summed E-state index contributed by atoms with van der Waals surface area (Å²) in [6, 6.07) is 3.31. The molecule has 0 aromatic heterocycles. The highest BCUT2D eigenvalue weighted by Crippen LogP contribution is 2.22. The number of carbonyl (C=O) groups is 1. The third-order valence-corrected chi connectivity index (χ3v) is 3.96. The predicted molar refractivity (Wildman–Crippen MR) is 73.2 cm³/mol. The monoisotopic (exact) mass is 282 g/mol. The minimum absolute atomic E-state index is 0.00179. The van der Waals surface area contributed by atoms with Gasteiger partial charge < -0.3 is 10.2 Å². The second-order valence-corrected chi connectivity index (χ2v) is 5.30. The van der Waals surface area contributed by atoms with Crippen LogP contribution in [0.2, 0.25) is 0 Å². The fraction of sp³-hybridized carbons (Fsp3) is 0.533. The maximum absolute atomic E-state index is 13.3. The Bertz CT molecular complexity index is 487. The number of hydrogen-bond acceptors (Lipinski definition) is 2. The Morgan fingerprint density at radius 2 is 2.10 bits per heavy atom. The summed E-state index contributed by atoms with van der Waals surface area (Å²) in [5.74, 6) is -1.75. The van der Waals surface area contributed by atoms with Crippen LogP contribution in [0.25, 0.3) is 0 Å². The van der Waals surface area contributed by atoms with Crippen molar-refractivity contribution >= 4 is 5.91 Å². The molecule has 5 heteroatoms. The third kappa shape index (κ3) is 3.15. The van der Waals surface area contributed by atoms with Crippen molar-refractivity contribution in [2.24, 2.45) is 0 Å². The van der Waals surface area contributed by atoms with E-state index in [2.05, 4.69) is 5.32 Å². The van der Waals surface area contributed by atoms with Gasteiger partial charge in [-0.3, -0.25) is 4.79 Å². The molecule has 0 bridgehead atoms. The summed E-state index contributed by atoms with van der Waals surface area (Å²) in [6.45, 7) is 2.66. The van der Waals surface area contributed by atoms with Gasteiger partial charge in [-0.25, -0.2) is 8.78 Å².